The van der Waals surface area contributed by atoms with Gasteiger partial charge in [0.15, 0.2) is 0 Å². The maximum absolute atomic E-state index is 12.5. The third-order valence-corrected chi connectivity index (χ3v) is 4.87. The summed E-state index contributed by atoms with van der Waals surface area (Å²) in [5.74, 6) is 0.128. The maximum atomic E-state index is 12.5. The molecule has 0 radical (unpaired) electrons. The number of aryl methyl sites for hydroxylation is 1. The van der Waals surface area contributed by atoms with Gasteiger partial charge in [-0.3, -0.25) is 14.5 Å². The molecule has 0 spiro atoms. The number of benzene rings is 1. The van der Waals surface area contributed by atoms with Gasteiger partial charge in [0.25, 0.3) is 5.91 Å². The van der Waals surface area contributed by atoms with Gasteiger partial charge in [-0.2, -0.15) is 0 Å². The first-order chi connectivity index (χ1) is 11.5. The first-order valence-corrected chi connectivity index (χ1v) is 8.57. The van der Waals surface area contributed by atoms with Crippen molar-refractivity contribution in [3.63, 3.8) is 0 Å². The van der Waals surface area contributed by atoms with Crippen LogP contribution in [-0.4, -0.2) is 90.9 Å². The molecule has 6 nitrogen and oxygen atoms in total. The van der Waals surface area contributed by atoms with Gasteiger partial charge >= 0.3 is 0 Å². The van der Waals surface area contributed by atoms with Crippen LogP contribution in [0.15, 0.2) is 24.3 Å². The number of hydrogen-bond donors (Lipinski definition) is 0. The zero-order chi connectivity index (χ0) is 17.1. The molecular weight excluding hydrogens is 304 g/mol. The number of rotatable bonds is 3. The highest BCUT2D eigenvalue weighted by Gasteiger charge is 2.29. The van der Waals surface area contributed by atoms with E-state index in [2.05, 4.69) is 16.8 Å². The second kappa shape index (κ2) is 7.32. The van der Waals surface area contributed by atoms with Gasteiger partial charge in [-0.25, -0.2) is 0 Å². The lowest BCUT2D eigenvalue weighted by atomic mass is 10.1. The summed E-state index contributed by atoms with van der Waals surface area (Å²) < 4.78 is 0. The molecule has 3 rings (SSSR count). The Kier molecular flexibility index (Phi) is 5.16. The van der Waals surface area contributed by atoms with Crippen molar-refractivity contribution in [1.82, 2.24) is 19.6 Å². The fourth-order valence-electron chi connectivity index (χ4n) is 3.13. The highest BCUT2D eigenvalue weighted by molar-refractivity contribution is 5.94. The number of piperazine rings is 1. The lowest BCUT2D eigenvalue weighted by molar-refractivity contribution is -0.132. The Balaban J connectivity index is 1.52. The monoisotopic (exact) mass is 330 g/mol. The van der Waals surface area contributed by atoms with E-state index in [1.807, 2.05) is 31.2 Å². The molecule has 0 N–H and O–H groups in total. The summed E-state index contributed by atoms with van der Waals surface area (Å²) in [6, 6.07) is 7.60. The summed E-state index contributed by atoms with van der Waals surface area (Å²) in [4.78, 5) is 33.0. The van der Waals surface area contributed by atoms with E-state index < -0.39 is 0 Å². The molecule has 2 heterocycles. The summed E-state index contributed by atoms with van der Waals surface area (Å²) in [7, 11) is 2.11. The van der Waals surface area contributed by atoms with Gasteiger partial charge in [-0.1, -0.05) is 17.7 Å². The number of amides is 2. The lowest BCUT2D eigenvalue weighted by Crippen LogP contribution is -2.48. The summed E-state index contributed by atoms with van der Waals surface area (Å²) in [6.07, 6.45) is 0. The van der Waals surface area contributed by atoms with Crippen molar-refractivity contribution < 1.29 is 9.59 Å². The molecule has 0 bridgehead atoms. The van der Waals surface area contributed by atoms with E-state index in [1.165, 1.54) is 0 Å². The fraction of sp³-hybridized carbons (Fsp3) is 0.556. The van der Waals surface area contributed by atoms with Crippen LogP contribution in [0, 0.1) is 6.92 Å². The minimum atomic E-state index is 0.00453. The van der Waals surface area contributed by atoms with Gasteiger partial charge in [0.05, 0.1) is 13.2 Å². The molecular formula is C18H26N4O2. The van der Waals surface area contributed by atoms with Crippen molar-refractivity contribution >= 4 is 11.8 Å². The van der Waals surface area contributed by atoms with Crippen LogP contribution in [-0.2, 0) is 4.79 Å². The van der Waals surface area contributed by atoms with Crippen molar-refractivity contribution in [2.45, 2.75) is 6.92 Å². The van der Waals surface area contributed by atoms with Gasteiger partial charge in [0.1, 0.15) is 0 Å². The Morgan fingerprint density at radius 3 is 2.21 bits per heavy atom. The zero-order valence-corrected chi connectivity index (χ0v) is 14.6. The van der Waals surface area contributed by atoms with E-state index in [4.69, 9.17) is 0 Å². The molecule has 2 aliphatic rings. The molecule has 6 heteroatoms. The molecule has 24 heavy (non-hydrogen) atoms. The molecule has 0 saturated carbocycles. The number of nitrogens with zero attached hydrogens (tertiary/aromatic N) is 4. The molecule has 0 atom stereocenters. The highest BCUT2D eigenvalue weighted by atomic mass is 16.2. The van der Waals surface area contributed by atoms with E-state index >= 15 is 0 Å². The Morgan fingerprint density at radius 1 is 0.917 bits per heavy atom. The van der Waals surface area contributed by atoms with Crippen LogP contribution in [0.25, 0.3) is 0 Å². The van der Waals surface area contributed by atoms with Crippen LogP contribution in [0.3, 0.4) is 0 Å². The summed E-state index contributed by atoms with van der Waals surface area (Å²) in [6.45, 7) is 7.98. The van der Waals surface area contributed by atoms with Crippen LogP contribution in [0.2, 0.25) is 0 Å². The van der Waals surface area contributed by atoms with Crippen LogP contribution in [0.4, 0.5) is 0 Å². The number of carbonyl (C=O) groups excluding carboxylic acids is 2. The van der Waals surface area contributed by atoms with Gasteiger partial charge in [0, 0.05) is 44.8 Å². The second-order valence-electron chi connectivity index (χ2n) is 6.81. The van der Waals surface area contributed by atoms with Crippen molar-refractivity contribution in [1.29, 1.82) is 0 Å². The Morgan fingerprint density at radius 2 is 1.54 bits per heavy atom. The zero-order valence-electron chi connectivity index (χ0n) is 14.6. The van der Waals surface area contributed by atoms with Crippen LogP contribution in [0.5, 0.6) is 0 Å². The summed E-state index contributed by atoms with van der Waals surface area (Å²) >= 11 is 0. The smallest absolute Gasteiger partial charge is 0.255 e. The minimum Gasteiger partial charge on any atom is -0.322 e. The first kappa shape index (κ1) is 16.9. The molecule has 2 amide bonds. The molecule has 1 aromatic rings. The average molecular weight is 330 g/mol. The SMILES string of the molecule is Cc1ccc(C(=O)N2CCN(C(=O)CN3CCN(C)CC3)C2)cc1. The van der Waals surface area contributed by atoms with Gasteiger partial charge in [0.2, 0.25) is 5.91 Å². The van der Waals surface area contributed by atoms with E-state index in [1.54, 1.807) is 9.80 Å². The summed E-state index contributed by atoms with van der Waals surface area (Å²) in [5, 5.41) is 0. The number of likely N-dealkylation sites (N-methyl/N-ethyl adjacent to an activating group) is 1. The maximum Gasteiger partial charge on any atom is 0.255 e. The van der Waals surface area contributed by atoms with Crippen molar-refractivity contribution in [2.24, 2.45) is 0 Å². The number of hydrogen-bond acceptors (Lipinski definition) is 4. The Bertz CT molecular complexity index is 594. The van der Waals surface area contributed by atoms with Crippen LogP contribution >= 0.6 is 0 Å². The highest BCUT2D eigenvalue weighted by Crippen LogP contribution is 2.13. The van der Waals surface area contributed by atoms with Crippen LogP contribution in [0.1, 0.15) is 15.9 Å². The lowest BCUT2D eigenvalue weighted by Gasteiger charge is -2.32. The molecule has 0 aliphatic carbocycles. The van der Waals surface area contributed by atoms with Crippen molar-refractivity contribution in [3.05, 3.63) is 35.4 Å². The van der Waals surface area contributed by atoms with Gasteiger partial charge in [-0.15, -0.1) is 0 Å². The predicted molar refractivity (Wildman–Crippen MR) is 92.7 cm³/mol. The second-order valence-corrected chi connectivity index (χ2v) is 6.81. The number of carbonyl (C=O) groups is 2. The largest absolute Gasteiger partial charge is 0.322 e. The van der Waals surface area contributed by atoms with E-state index in [0.717, 1.165) is 31.7 Å². The van der Waals surface area contributed by atoms with E-state index in [-0.39, 0.29) is 11.8 Å². The van der Waals surface area contributed by atoms with Gasteiger partial charge in [-0.05, 0) is 26.1 Å². The predicted octanol–water partition coefficient (Wildman–Crippen LogP) is 0.484. The van der Waals surface area contributed by atoms with Crippen molar-refractivity contribution in [3.8, 4) is 0 Å². The van der Waals surface area contributed by atoms with Crippen molar-refractivity contribution in [2.75, 3.05) is 59.5 Å². The normalized spacial score (nSPS) is 19.8. The molecule has 130 valence electrons. The Labute approximate surface area is 143 Å². The molecule has 2 fully saturated rings. The molecule has 0 aromatic heterocycles. The van der Waals surface area contributed by atoms with E-state index in [0.29, 0.717) is 31.9 Å². The fourth-order valence-corrected chi connectivity index (χ4v) is 3.13. The van der Waals surface area contributed by atoms with E-state index in [9.17, 15) is 9.59 Å². The quantitative estimate of drug-likeness (QED) is 0.809. The topological polar surface area (TPSA) is 47.1 Å². The standard InChI is InChI=1S/C18H26N4O2/c1-15-3-5-16(6-4-15)18(24)22-12-11-21(14-22)17(23)13-20-9-7-19(2)8-10-20/h3-6H,7-14H2,1-2H3. The third kappa shape index (κ3) is 3.94. The van der Waals surface area contributed by atoms with Crippen LogP contribution < -0.4 is 0 Å². The average Bonchev–Trinajstić information content (AvgIpc) is 3.07. The Hall–Kier alpha value is -1.92. The molecule has 0 unspecified atom stereocenters. The minimum absolute atomic E-state index is 0.00453. The molecule has 2 aliphatic heterocycles. The molecule has 1 aromatic carbocycles. The third-order valence-electron chi connectivity index (χ3n) is 4.87. The summed E-state index contributed by atoms with van der Waals surface area (Å²) in [5.41, 5.74) is 1.82. The molecule has 2 saturated heterocycles. The first-order valence-electron chi connectivity index (χ1n) is 8.57. The van der Waals surface area contributed by atoms with Gasteiger partial charge < -0.3 is 14.7 Å².